The molecule has 1 aliphatic rings. The summed E-state index contributed by atoms with van der Waals surface area (Å²) in [5, 5.41) is 0. The van der Waals surface area contributed by atoms with E-state index in [-0.39, 0.29) is 11.6 Å². The molecular formula is C18H18N6O. The number of anilines is 1. The van der Waals surface area contributed by atoms with Crippen LogP contribution in [-0.2, 0) is 0 Å². The first kappa shape index (κ1) is 15.4. The smallest absolute Gasteiger partial charge is 0.251 e. The number of hydrogen-bond donors (Lipinski definition) is 1. The molecular weight excluding hydrogens is 316 g/mol. The first-order chi connectivity index (χ1) is 12.2. The van der Waals surface area contributed by atoms with Crippen LogP contribution >= 0.6 is 0 Å². The molecule has 1 fully saturated rings. The van der Waals surface area contributed by atoms with Gasteiger partial charge in [-0.1, -0.05) is 0 Å². The number of aromatic amines is 1. The molecule has 4 heterocycles. The molecule has 0 radical (unpaired) electrons. The summed E-state index contributed by atoms with van der Waals surface area (Å²) in [6.07, 6.45) is 6.92. The summed E-state index contributed by atoms with van der Waals surface area (Å²) >= 11 is 0. The van der Waals surface area contributed by atoms with Crippen LogP contribution in [-0.4, -0.2) is 31.5 Å². The molecule has 0 amide bonds. The quantitative estimate of drug-likeness (QED) is 0.790. The third-order valence-corrected chi connectivity index (χ3v) is 4.39. The van der Waals surface area contributed by atoms with Crippen molar-refractivity contribution in [3.63, 3.8) is 0 Å². The van der Waals surface area contributed by atoms with E-state index in [1.54, 1.807) is 18.7 Å². The SMILES string of the molecule is Cc1cc(N2CCCC2c2nc(-c3ccncc3)cc(=O)[nH]2)ncn1. The molecule has 1 aliphatic heterocycles. The number of aromatic nitrogens is 5. The van der Waals surface area contributed by atoms with Crippen molar-refractivity contribution in [2.75, 3.05) is 11.4 Å². The largest absolute Gasteiger partial charge is 0.346 e. The van der Waals surface area contributed by atoms with Crippen molar-refractivity contribution < 1.29 is 0 Å². The zero-order chi connectivity index (χ0) is 17.2. The molecule has 0 saturated carbocycles. The van der Waals surface area contributed by atoms with E-state index >= 15 is 0 Å². The van der Waals surface area contributed by atoms with Crippen molar-refractivity contribution in [2.24, 2.45) is 0 Å². The zero-order valence-electron chi connectivity index (χ0n) is 13.9. The first-order valence-electron chi connectivity index (χ1n) is 8.28. The van der Waals surface area contributed by atoms with Gasteiger partial charge in [-0.2, -0.15) is 0 Å². The van der Waals surface area contributed by atoms with Gasteiger partial charge in [0.15, 0.2) is 0 Å². The molecule has 7 nitrogen and oxygen atoms in total. The highest BCUT2D eigenvalue weighted by Crippen LogP contribution is 2.33. The van der Waals surface area contributed by atoms with Crippen LogP contribution in [0.3, 0.4) is 0 Å². The van der Waals surface area contributed by atoms with Crippen molar-refractivity contribution in [2.45, 2.75) is 25.8 Å². The van der Waals surface area contributed by atoms with Crippen LogP contribution in [0, 0.1) is 6.92 Å². The van der Waals surface area contributed by atoms with E-state index in [1.807, 2.05) is 25.1 Å². The molecule has 1 unspecified atom stereocenters. The lowest BCUT2D eigenvalue weighted by Gasteiger charge is -2.25. The Morgan fingerprint density at radius 3 is 2.84 bits per heavy atom. The summed E-state index contributed by atoms with van der Waals surface area (Å²) in [4.78, 5) is 34.6. The zero-order valence-corrected chi connectivity index (χ0v) is 13.9. The topological polar surface area (TPSA) is 87.7 Å². The predicted octanol–water partition coefficient (Wildman–Crippen LogP) is 2.27. The van der Waals surface area contributed by atoms with Crippen molar-refractivity contribution in [3.05, 3.63) is 64.9 Å². The van der Waals surface area contributed by atoms with Crippen LogP contribution in [0.2, 0.25) is 0 Å². The van der Waals surface area contributed by atoms with Crippen molar-refractivity contribution in [3.8, 4) is 11.3 Å². The summed E-state index contributed by atoms with van der Waals surface area (Å²) in [6, 6.07) is 7.19. The van der Waals surface area contributed by atoms with Gasteiger partial charge in [0, 0.05) is 42.3 Å². The minimum absolute atomic E-state index is 0.00351. The maximum Gasteiger partial charge on any atom is 0.251 e. The summed E-state index contributed by atoms with van der Waals surface area (Å²) in [7, 11) is 0. The highest BCUT2D eigenvalue weighted by Gasteiger charge is 2.29. The van der Waals surface area contributed by atoms with Gasteiger partial charge >= 0.3 is 0 Å². The van der Waals surface area contributed by atoms with Crippen LogP contribution in [0.1, 0.15) is 30.4 Å². The third kappa shape index (κ3) is 3.13. The molecule has 3 aromatic heterocycles. The lowest BCUT2D eigenvalue weighted by atomic mass is 10.1. The Morgan fingerprint density at radius 2 is 2.04 bits per heavy atom. The van der Waals surface area contributed by atoms with Gasteiger partial charge in [0.1, 0.15) is 18.0 Å². The Labute approximate surface area is 144 Å². The molecule has 1 atom stereocenters. The Bertz CT molecular complexity index is 940. The minimum Gasteiger partial charge on any atom is -0.346 e. The van der Waals surface area contributed by atoms with Gasteiger partial charge in [-0.05, 0) is 31.9 Å². The second-order valence-electron chi connectivity index (χ2n) is 6.12. The lowest BCUT2D eigenvalue weighted by molar-refractivity contribution is 0.656. The first-order valence-corrected chi connectivity index (χ1v) is 8.28. The molecule has 0 aromatic carbocycles. The van der Waals surface area contributed by atoms with Crippen LogP contribution in [0.25, 0.3) is 11.3 Å². The van der Waals surface area contributed by atoms with Gasteiger partial charge in [0.25, 0.3) is 5.56 Å². The molecule has 4 rings (SSSR count). The number of H-pyrrole nitrogens is 1. The normalized spacial score (nSPS) is 17.0. The fourth-order valence-electron chi connectivity index (χ4n) is 3.23. The molecule has 126 valence electrons. The number of hydrogen-bond acceptors (Lipinski definition) is 6. The number of nitrogens with zero attached hydrogens (tertiary/aromatic N) is 5. The van der Waals surface area contributed by atoms with Crippen molar-refractivity contribution in [1.29, 1.82) is 0 Å². The molecule has 0 spiro atoms. The van der Waals surface area contributed by atoms with E-state index in [1.165, 1.54) is 6.07 Å². The summed E-state index contributed by atoms with van der Waals surface area (Å²) < 4.78 is 0. The highest BCUT2D eigenvalue weighted by atomic mass is 16.1. The fourth-order valence-corrected chi connectivity index (χ4v) is 3.23. The molecule has 25 heavy (non-hydrogen) atoms. The summed E-state index contributed by atoms with van der Waals surface area (Å²) in [6.45, 7) is 2.82. The molecule has 1 N–H and O–H groups in total. The van der Waals surface area contributed by atoms with Crippen LogP contribution in [0.4, 0.5) is 5.82 Å². The van der Waals surface area contributed by atoms with Gasteiger partial charge < -0.3 is 9.88 Å². The summed E-state index contributed by atoms with van der Waals surface area (Å²) in [5.74, 6) is 1.54. The minimum atomic E-state index is -0.150. The fraction of sp³-hybridized carbons (Fsp3) is 0.278. The number of rotatable bonds is 3. The van der Waals surface area contributed by atoms with Gasteiger partial charge in [0.05, 0.1) is 11.7 Å². The Hall–Kier alpha value is -3.09. The van der Waals surface area contributed by atoms with E-state index < -0.39 is 0 Å². The second kappa shape index (κ2) is 6.43. The van der Waals surface area contributed by atoms with Gasteiger partial charge in [0.2, 0.25) is 0 Å². The average molecular weight is 334 g/mol. The third-order valence-electron chi connectivity index (χ3n) is 4.39. The Morgan fingerprint density at radius 1 is 1.20 bits per heavy atom. The maximum absolute atomic E-state index is 12.2. The molecule has 3 aromatic rings. The van der Waals surface area contributed by atoms with Gasteiger partial charge in [-0.25, -0.2) is 15.0 Å². The number of nitrogens with one attached hydrogen (secondary N) is 1. The highest BCUT2D eigenvalue weighted by molar-refractivity contribution is 5.57. The predicted molar refractivity (Wildman–Crippen MR) is 94.2 cm³/mol. The summed E-state index contributed by atoms with van der Waals surface area (Å²) in [5.41, 5.74) is 2.31. The molecule has 1 saturated heterocycles. The molecule has 0 aliphatic carbocycles. The standard InChI is InChI=1S/C18H18N6O/c1-12-9-16(21-11-20-12)24-8-2-3-15(24)18-22-14(10-17(25)23-18)13-4-6-19-7-5-13/h4-7,9-11,15H,2-3,8H2,1H3,(H,22,23,25). The second-order valence-corrected chi connectivity index (χ2v) is 6.12. The van der Waals surface area contributed by atoms with E-state index in [0.717, 1.165) is 36.5 Å². The molecule has 0 bridgehead atoms. The van der Waals surface area contributed by atoms with E-state index in [2.05, 4.69) is 24.8 Å². The van der Waals surface area contributed by atoms with Crippen molar-refractivity contribution in [1.82, 2.24) is 24.9 Å². The Kier molecular flexibility index (Phi) is 3.97. The molecule has 7 heteroatoms. The van der Waals surface area contributed by atoms with Crippen LogP contribution in [0.5, 0.6) is 0 Å². The maximum atomic E-state index is 12.2. The van der Waals surface area contributed by atoms with E-state index in [4.69, 9.17) is 4.98 Å². The van der Waals surface area contributed by atoms with Gasteiger partial charge in [-0.3, -0.25) is 9.78 Å². The van der Waals surface area contributed by atoms with Gasteiger partial charge in [-0.15, -0.1) is 0 Å². The van der Waals surface area contributed by atoms with E-state index in [0.29, 0.717) is 11.5 Å². The monoisotopic (exact) mass is 334 g/mol. The van der Waals surface area contributed by atoms with Crippen molar-refractivity contribution >= 4 is 5.82 Å². The number of pyridine rings is 1. The van der Waals surface area contributed by atoms with E-state index in [9.17, 15) is 4.79 Å². The lowest BCUT2D eigenvalue weighted by Crippen LogP contribution is -2.27. The number of aryl methyl sites for hydroxylation is 1. The average Bonchev–Trinajstić information content (AvgIpc) is 3.12. The van der Waals surface area contributed by atoms with Crippen LogP contribution < -0.4 is 10.5 Å². The van der Waals surface area contributed by atoms with Crippen LogP contribution in [0.15, 0.2) is 47.8 Å². The Balaban J connectivity index is 1.73.